The first-order chi connectivity index (χ1) is 10.0. The lowest BCUT2D eigenvalue weighted by atomic mass is 10.1. The van der Waals surface area contributed by atoms with Gasteiger partial charge in [-0.3, -0.25) is 4.79 Å². The van der Waals surface area contributed by atoms with Crippen molar-refractivity contribution >= 4 is 17.3 Å². The first-order valence-electron chi connectivity index (χ1n) is 6.30. The number of carbonyl (C=O) groups excluding carboxylic acids is 1. The van der Waals surface area contributed by atoms with E-state index in [4.69, 9.17) is 15.7 Å². The number of benzene rings is 2. The molecule has 0 unspecified atom stereocenters. The van der Waals surface area contributed by atoms with Gasteiger partial charge in [-0.2, -0.15) is 5.26 Å². The van der Waals surface area contributed by atoms with Crippen LogP contribution in [-0.4, -0.2) is 13.0 Å². The van der Waals surface area contributed by atoms with E-state index in [0.29, 0.717) is 28.3 Å². The molecule has 3 N–H and O–H groups in total. The fourth-order valence-corrected chi connectivity index (χ4v) is 2.05. The molecule has 5 nitrogen and oxygen atoms in total. The maximum absolute atomic E-state index is 12.3. The largest absolute Gasteiger partial charge is 0.495 e. The van der Waals surface area contributed by atoms with Gasteiger partial charge in [0.1, 0.15) is 17.5 Å². The van der Waals surface area contributed by atoms with Gasteiger partial charge in [0.05, 0.1) is 12.7 Å². The van der Waals surface area contributed by atoms with Crippen LogP contribution in [-0.2, 0) is 0 Å². The molecule has 0 heterocycles. The molecule has 106 valence electrons. The van der Waals surface area contributed by atoms with Gasteiger partial charge < -0.3 is 15.8 Å². The van der Waals surface area contributed by atoms with Gasteiger partial charge in [-0.15, -0.1) is 0 Å². The van der Waals surface area contributed by atoms with Crippen LogP contribution in [0.5, 0.6) is 5.75 Å². The minimum atomic E-state index is -0.341. The molecule has 0 saturated heterocycles. The van der Waals surface area contributed by atoms with Crippen LogP contribution in [0.4, 0.5) is 11.4 Å². The molecule has 2 aromatic carbocycles. The molecule has 0 atom stereocenters. The summed E-state index contributed by atoms with van der Waals surface area (Å²) in [6, 6.07) is 12.1. The average Bonchev–Trinajstić information content (AvgIpc) is 2.46. The summed E-state index contributed by atoms with van der Waals surface area (Å²) in [5.74, 6) is 0.0921. The molecule has 2 aromatic rings. The molecule has 0 spiro atoms. The highest BCUT2D eigenvalue weighted by Crippen LogP contribution is 2.28. The number of hydrogen-bond acceptors (Lipinski definition) is 4. The van der Waals surface area contributed by atoms with Crippen molar-refractivity contribution < 1.29 is 9.53 Å². The number of ether oxygens (including phenoxy) is 1. The predicted octanol–water partition coefficient (Wildman–Crippen LogP) is 2.71. The number of methoxy groups -OCH3 is 1. The van der Waals surface area contributed by atoms with Crippen LogP contribution < -0.4 is 15.8 Å². The normalized spacial score (nSPS) is 9.76. The topological polar surface area (TPSA) is 88.1 Å². The Labute approximate surface area is 123 Å². The minimum absolute atomic E-state index is 0.336. The second-order valence-electron chi connectivity index (χ2n) is 4.58. The van der Waals surface area contributed by atoms with Crippen molar-refractivity contribution in [3.8, 4) is 11.8 Å². The second-order valence-corrected chi connectivity index (χ2v) is 4.58. The Morgan fingerprint density at radius 3 is 2.71 bits per heavy atom. The Bertz CT molecular complexity index is 713. The summed E-state index contributed by atoms with van der Waals surface area (Å²) in [4.78, 5) is 12.3. The molecule has 0 bridgehead atoms. The number of para-hydroxylation sites is 1. The monoisotopic (exact) mass is 281 g/mol. The van der Waals surface area contributed by atoms with Gasteiger partial charge >= 0.3 is 0 Å². The number of nitriles is 1. The fourth-order valence-electron chi connectivity index (χ4n) is 2.05. The summed E-state index contributed by atoms with van der Waals surface area (Å²) < 4.78 is 5.18. The van der Waals surface area contributed by atoms with Crippen molar-refractivity contribution in [1.82, 2.24) is 0 Å². The lowest BCUT2D eigenvalue weighted by Crippen LogP contribution is -2.14. The molecule has 0 saturated carbocycles. The van der Waals surface area contributed by atoms with Crippen LogP contribution >= 0.6 is 0 Å². The Kier molecular flexibility index (Phi) is 4.10. The predicted molar refractivity (Wildman–Crippen MR) is 81.3 cm³/mol. The van der Waals surface area contributed by atoms with Gasteiger partial charge in [-0.1, -0.05) is 6.07 Å². The van der Waals surface area contributed by atoms with E-state index < -0.39 is 0 Å². The van der Waals surface area contributed by atoms with E-state index in [1.54, 1.807) is 36.4 Å². The number of nitrogens with two attached hydrogens (primary N) is 1. The van der Waals surface area contributed by atoms with Gasteiger partial charge in [0.2, 0.25) is 0 Å². The highest BCUT2D eigenvalue weighted by atomic mass is 16.5. The smallest absolute Gasteiger partial charge is 0.255 e. The van der Waals surface area contributed by atoms with Crippen LogP contribution in [0.1, 0.15) is 21.5 Å². The summed E-state index contributed by atoms with van der Waals surface area (Å²) in [5, 5.41) is 11.8. The molecule has 1 amide bonds. The first-order valence-corrected chi connectivity index (χ1v) is 6.30. The van der Waals surface area contributed by atoms with Gasteiger partial charge in [-0.25, -0.2) is 0 Å². The highest BCUT2D eigenvalue weighted by molar-refractivity contribution is 6.06. The maximum Gasteiger partial charge on any atom is 0.255 e. The number of aryl methyl sites for hydroxylation is 1. The highest BCUT2D eigenvalue weighted by Gasteiger charge is 2.14. The molecular weight excluding hydrogens is 266 g/mol. The average molecular weight is 281 g/mol. The number of rotatable bonds is 3. The molecule has 0 aromatic heterocycles. The molecule has 2 rings (SSSR count). The van der Waals surface area contributed by atoms with Gasteiger partial charge in [0.15, 0.2) is 0 Å². The zero-order chi connectivity index (χ0) is 15.4. The van der Waals surface area contributed by atoms with Crippen molar-refractivity contribution in [3.05, 3.63) is 53.1 Å². The third-order valence-electron chi connectivity index (χ3n) is 2.97. The Hall–Kier alpha value is -3.00. The Morgan fingerprint density at radius 2 is 2.10 bits per heavy atom. The van der Waals surface area contributed by atoms with Crippen LogP contribution in [0.15, 0.2) is 36.4 Å². The third-order valence-corrected chi connectivity index (χ3v) is 2.97. The maximum atomic E-state index is 12.3. The van der Waals surface area contributed by atoms with Crippen molar-refractivity contribution in [2.24, 2.45) is 0 Å². The molecular formula is C16H15N3O2. The van der Waals surface area contributed by atoms with Crippen LogP contribution in [0.3, 0.4) is 0 Å². The van der Waals surface area contributed by atoms with Gasteiger partial charge in [0.25, 0.3) is 5.91 Å². The summed E-state index contributed by atoms with van der Waals surface area (Å²) in [6.07, 6.45) is 0. The Balaban J connectivity index is 2.38. The van der Waals surface area contributed by atoms with Crippen molar-refractivity contribution in [3.63, 3.8) is 0 Å². The van der Waals surface area contributed by atoms with Crippen LogP contribution in [0.25, 0.3) is 0 Å². The van der Waals surface area contributed by atoms with E-state index in [-0.39, 0.29) is 5.91 Å². The molecule has 0 aliphatic rings. The van der Waals surface area contributed by atoms with Gasteiger partial charge in [-0.05, 0) is 42.8 Å². The minimum Gasteiger partial charge on any atom is -0.495 e. The third kappa shape index (κ3) is 3.12. The zero-order valence-electron chi connectivity index (χ0n) is 11.8. The van der Waals surface area contributed by atoms with E-state index >= 15 is 0 Å². The van der Waals surface area contributed by atoms with E-state index in [0.717, 1.165) is 5.56 Å². The SMILES string of the molecule is COc1cccc(C#N)c1NC(=O)c1cc(C)cc(N)c1. The van der Waals surface area contributed by atoms with E-state index in [1.807, 2.05) is 13.0 Å². The quantitative estimate of drug-likeness (QED) is 0.847. The lowest BCUT2D eigenvalue weighted by molar-refractivity contribution is 0.102. The summed E-state index contributed by atoms with van der Waals surface area (Å²) in [5.41, 5.74) is 8.27. The second kappa shape index (κ2) is 5.97. The number of nitrogens with one attached hydrogen (secondary N) is 1. The fraction of sp³-hybridized carbons (Fsp3) is 0.125. The van der Waals surface area contributed by atoms with Crippen molar-refractivity contribution in [2.45, 2.75) is 6.92 Å². The number of anilines is 2. The lowest BCUT2D eigenvalue weighted by Gasteiger charge is -2.12. The zero-order valence-corrected chi connectivity index (χ0v) is 11.8. The van der Waals surface area contributed by atoms with E-state index in [2.05, 4.69) is 5.32 Å². The molecule has 0 aliphatic heterocycles. The molecule has 0 radical (unpaired) electrons. The number of carbonyl (C=O) groups is 1. The van der Waals surface area contributed by atoms with Crippen LogP contribution in [0, 0.1) is 18.3 Å². The molecule has 21 heavy (non-hydrogen) atoms. The number of nitrogen functional groups attached to an aromatic ring is 1. The Morgan fingerprint density at radius 1 is 1.33 bits per heavy atom. The van der Waals surface area contributed by atoms with Gasteiger partial charge in [0, 0.05) is 11.3 Å². The number of hydrogen-bond donors (Lipinski definition) is 2. The molecule has 0 aliphatic carbocycles. The van der Waals surface area contributed by atoms with Crippen molar-refractivity contribution in [2.75, 3.05) is 18.2 Å². The standard InChI is InChI=1S/C16H15N3O2/c1-10-6-12(8-13(18)7-10)16(20)19-15-11(9-17)4-3-5-14(15)21-2/h3-8H,18H2,1-2H3,(H,19,20). The summed E-state index contributed by atoms with van der Waals surface area (Å²) in [7, 11) is 1.48. The molecule has 0 fully saturated rings. The van der Waals surface area contributed by atoms with Crippen molar-refractivity contribution in [1.29, 1.82) is 5.26 Å². The summed E-state index contributed by atoms with van der Waals surface area (Å²) in [6.45, 7) is 1.86. The van der Waals surface area contributed by atoms with E-state index in [1.165, 1.54) is 7.11 Å². The first kappa shape index (κ1) is 14.4. The molecule has 5 heteroatoms. The van der Waals surface area contributed by atoms with E-state index in [9.17, 15) is 4.79 Å². The number of nitrogens with zero attached hydrogens (tertiary/aromatic N) is 1. The summed E-state index contributed by atoms with van der Waals surface area (Å²) >= 11 is 0. The van der Waals surface area contributed by atoms with Crippen LogP contribution in [0.2, 0.25) is 0 Å². The number of amides is 1.